The number of carbonyl (C=O) groups excluding carboxylic acids is 2. The maximum absolute atomic E-state index is 12.6. The van der Waals surface area contributed by atoms with Crippen LogP contribution in [0.5, 0.6) is 5.75 Å². The fourth-order valence-corrected chi connectivity index (χ4v) is 5.72. The molecule has 0 aromatic heterocycles. The third kappa shape index (κ3) is 5.40. The van der Waals surface area contributed by atoms with E-state index < -0.39 is 5.41 Å². The molecule has 1 heterocycles. The van der Waals surface area contributed by atoms with Gasteiger partial charge in [0.25, 0.3) is 11.8 Å². The lowest BCUT2D eigenvalue weighted by atomic mass is 9.70. The van der Waals surface area contributed by atoms with Crippen LogP contribution in [0.25, 0.3) is 0 Å². The molecule has 6 nitrogen and oxygen atoms in total. The van der Waals surface area contributed by atoms with Crippen molar-refractivity contribution in [3.05, 3.63) is 82.4 Å². The molecule has 0 spiro atoms. The van der Waals surface area contributed by atoms with Gasteiger partial charge in [0.05, 0.1) is 16.8 Å². The van der Waals surface area contributed by atoms with Gasteiger partial charge in [-0.1, -0.05) is 96.4 Å². The van der Waals surface area contributed by atoms with E-state index in [4.69, 9.17) is 0 Å². The number of hydrogen-bond donors (Lipinski definition) is 1. The highest BCUT2D eigenvalue weighted by molar-refractivity contribution is 6.37. The number of phenols is 1. The van der Waals surface area contributed by atoms with Crippen LogP contribution in [0, 0.1) is 5.41 Å². The number of nitrogens with zero attached hydrogens (tertiary/aromatic N) is 3. The van der Waals surface area contributed by atoms with Gasteiger partial charge in [0, 0.05) is 18.0 Å². The zero-order chi connectivity index (χ0) is 28.9. The van der Waals surface area contributed by atoms with Crippen LogP contribution in [0.1, 0.15) is 92.3 Å². The summed E-state index contributed by atoms with van der Waals surface area (Å²) in [4.78, 5) is 26.0. The molecular weight excluding hydrogens is 485 g/mol. The van der Waals surface area contributed by atoms with E-state index in [1.54, 1.807) is 12.1 Å². The third-order valence-electron chi connectivity index (χ3n) is 7.68. The van der Waals surface area contributed by atoms with E-state index in [-0.39, 0.29) is 28.4 Å². The largest absolute Gasteiger partial charge is 0.505 e. The molecule has 2 amide bonds. The van der Waals surface area contributed by atoms with E-state index >= 15 is 0 Å². The quantitative estimate of drug-likeness (QED) is 0.233. The van der Waals surface area contributed by atoms with Crippen LogP contribution in [0.3, 0.4) is 0 Å². The molecule has 0 radical (unpaired) electrons. The van der Waals surface area contributed by atoms with E-state index in [1.165, 1.54) is 7.05 Å². The van der Waals surface area contributed by atoms with Gasteiger partial charge in [0.2, 0.25) is 0 Å². The van der Waals surface area contributed by atoms with Crippen LogP contribution >= 0.6 is 0 Å². The van der Waals surface area contributed by atoms with Gasteiger partial charge in [-0.15, -0.1) is 5.11 Å². The zero-order valence-electron chi connectivity index (χ0n) is 24.5. The lowest BCUT2D eigenvalue weighted by molar-refractivity contribution is 0.0693. The molecule has 7 heteroatoms. The van der Waals surface area contributed by atoms with Gasteiger partial charge in [-0.25, -0.2) is 0 Å². The van der Waals surface area contributed by atoms with Crippen molar-refractivity contribution in [3.63, 3.8) is 0 Å². The smallest absolute Gasteiger partial charge is 0.261 e. The summed E-state index contributed by atoms with van der Waals surface area (Å²) in [6.45, 7) is 15.3. The number of imide groups is 1. The number of azo groups is 1. The molecule has 4 rings (SSSR count). The third-order valence-corrected chi connectivity index (χ3v) is 7.68. The molecule has 3 aromatic rings. The van der Waals surface area contributed by atoms with Gasteiger partial charge in [0.15, 0.2) is 0 Å². The summed E-state index contributed by atoms with van der Waals surface area (Å²) >= 11 is 0. The summed E-state index contributed by atoms with van der Waals surface area (Å²) in [7, 11) is 3.30. The number of amides is 2. The zero-order valence-corrected chi connectivity index (χ0v) is 24.5. The summed E-state index contributed by atoms with van der Waals surface area (Å²) in [5.41, 5.74) is 4.59. The average molecular weight is 523 g/mol. The average Bonchev–Trinajstić information content (AvgIpc) is 3.05. The van der Waals surface area contributed by atoms with Crippen LogP contribution in [0.2, 0.25) is 0 Å². The lowest BCUT2D eigenvalue weighted by Gasteiger charge is -2.35. The molecule has 0 saturated heterocycles. The maximum atomic E-state index is 12.6. The molecular formula is C32H38BN3O3. The Morgan fingerprint density at radius 2 is 1.36 bits per heavy atom. The predicted molar refractivity (Wildman–Crippen MR) is 159 cm³/mol. The molecule has 202 valence electrons. The number of benzene rings is 3. The number of phenolic OH excluding ortho intramolecular Hbond substituents is 1. The van der Waals surface area contributed by atoms with E-state index in [9.17, 15) is 14.7 Å². The lowest BCUT2D eigenvalue weighted by Crippen LogP contribution is -2.26. The number of rotatable bonds is 6. The highest BCUT2D eigenvalue weighted by atomic mass is 16.3. The molecule has 3 aromatic carbocycles. The minimum Gasteiger partial charge on any atom is -0.505 e. The van der Waals surface area contributed by atoms with E-state index in [0.29, 0.717) is 22.5 Å². The fourth-order valence-electron chi connectivity index (χ4n) is 5.72. The van der Waals surface area contributed by atoms with Crippen molar-refractivity contribution in [3.8, 4) is 5.75 Å². The summed E-state index contributed by atoms with van der Waals surface area (Å²) in [5.74, 6) is -0.597. The summed E-state index contributed by atoms with van der Waals surface area (Å²) < 4.78 is 0. The Labute approximate surface area is 232 Å². The highest BCUT2D eigenvalue weighted by Crippen LogP contribution is 2.46. The van der Waals surface area contributed by atoms with Crippen LogP contribution in [0.4, 0.5) is 11.4 Å². The molecule has 0 unspecified atom stereocenters. The molecule has 0 aliphatic carbocycles. The van der Waals surface area contributed by atoms with Gasteiger partial charge < -0.3 is 5.11 Å². The van der Waals surface area contributed by atoms with Crippen molar-refractivity contribution in [2.24, 2.45) is 15.6 Å². The fraction of sp³-hybridized carbons (Fsp3) is 0.375. The normalized spacial score (nSPS) is 14.4. The molecule has 0 fully saturated rings. The molecule has 0 bridgehead atoms. The second-order valence-electron chi connectivity index (χ2n) is 13.1. The summed E-state index contributed by atoms with van der Waals surface area (Å²) in [6, 6.07) is 17.4. The van der Waals surface area contributed by atoms with Crippen molar-refractivity contribution in [2.75, 3.05) is 7.05 Å². The first-order chi connectivity index (χ1) is 18.0. The second kappa shape index (κ2) is 9.78. The Morgan fingerprint density at radius 3 is 1.95 bits per heavy atom. The maximum Gasteiger partial charge on any atom is 0.261 e. The summed E-state index contributed by atoms with van der Waals surface area (Å²) in [5, 5.41) is 20.6. The number of carbonyl (C=O) groups is 2. The van der Waals surface area contributed by atoms with Gasteiger partial charge in [-0.05, 0) is 40.5 Å². The van der Waals surface area contributed by atoms with E-state index in [0.717, 1.165) is 33.5 Å². The molecule has 0 atom stereocenters. The monoisotopic (exact) mass is 523 g/mol. The topological polar surface area (TPSA) is 82.3 Å². The number of aromatic hydroxyl groups is 1. The van der Waals surface area contributed by atoms with E-state index in [2.05, 4.69) is 76.9 Å². The van der Waals surface area contributed by atoms with Crippen LogP contribution in [-0.4, -0.2) is 36.7 Å². The van der Waals surface area contributed by atoms with Crippen LogP contribution in [-0.2, 0) is 10.8 Å². The van der Waals surface area contributed by atoms with E-state index in [1.807, 2.05) is 32.1 Å². The van der Waals surface area contributed by atoms with Gasteiger partial charge in [-0.3, -0.25) is 14.5 Å². The molecule has 1 aliphatic rings. The number of fused-ring (bicyclic) bond motifs is 1. The second-order valence-corrected chi connectivity index (χ2v) is 13.1. The van der Waals surface area contributed by atoms with Gasteiger partial charge >= 0.3 is 0 Å². The molecule has 1 N–H and O–H groups in total. The minimum absolute atomic E-state index is 0.0766. The predicted octanol–water partition coefficient (Wildman–Crippen LogP) is 6.33. The first-order valence-corrected chi connectivity index (χ1v) is 13.4. The molecule has 39 heavy (non-hydrogen) atoms. The minimum atomic E-state index is -0.496. The standard InChI is InChI=1S/C32H38BN3O3/c1-30(2,3)18-31(4,5)20-14-23(32(6,7)19-12-10-9-11-13-19)27(37)26(15-20)35-34-25-17-22-21(16-24(25)33)28(38)36(8)29(22)39/h9-17,37H,18,33H2,1-8H3/b35-34+. The van der Waals surface area contributed by atoms with Crippen LogP contribution < -0.4 is 5.46 Å². The Balaban J connectivity index is 1.87. The van der Waals surface area contributed by atoms with Crippen LogP contribution in [0.15, 0.2) is 64.8 Å². The first-order valence-electron chi connectivity index (χ1n) is 13.4. The van der Waals surface area contributed by atoms with Crippen molar-refractivity contribution >= 4 is 36.5 Å². The van der Waals surface area contributed by atoms with Gasteiger partial charge in [0.1, 0.15) is 19.3 Å². The highest BCUT2D eigenvalue weighted by Gasteiger charge is 2.35. The SMILES string of the molecule is Bc1cc2c(cc1/N=N/c1cc(C(C)(C)CC(C)(C)C)cc(C(C)(C)c3ccccc3)c1O)C(=O)N(C)C2=O. The molecule has 0 saturated carbocycles. The number of hydrogen-bond acceptors (Lipinski definition) is 5. The van der Waals surface area contributed by atoms with Crippen molar-refractivity contribution in [1.82, 2.24) is 4.90 Å². The van der Waals surface area contributed by atoms with Crippen molar-refractivity contribution in [2.45, 2.75) is 65.7 Å². The first kappa shape index (κ1) is 28.3. The van der Waals surface area contributed by atoms with Gasteiger partial charge in [-0.2, -0.15) is 5.11 Å². The molecule has 1 aliphatic heterocycles. The van der Waals surface area contributed by atoms with Crippen molar-refractivity contribution in [1.29, 1.82) is 0 Å². The Hall–Kier alpha value is -3.74. The van der Waals surface area contributed by atoms with Crippen molar-refractivity contribution < 1.29 is 14.7 Å². The summed E-state index contributed by atoms with van der Waals surface area (Å²) in [6.07, 6.45) is 0.931. The Kier molecular flexibility index (Phi) is 7.09. The Morgan fingerprint density at radius 1 is 0.795 bits per heavy atom. The Bertz CT molecular complexity index is 1480.